The van der Waals surface area contributed by atoms with E-state index in [2.05, 4.69) is 4.99 Å². The lowest BCUT2D eigenvalue weighted by molar-refractivity contribution is -0.137. The first-order valence-corrected chi connectivity index (χ1v) is 11.4. The van der Waals surface area contributed by atoms with Crippen LogP contribution in [0.15, 0.2) is 111 Å². The van der Waals surface area contributed by atoms with Crippen LogP contribution in [0.5, 0.6) is 0 Å². The van der Waals surface area contributed by atoms with Crippen LogP contribution < -0.4 is 4.90 Å². The van der Waals surface area contributed by atoms with E-state index in [1.165, 1.54) is 22.7 Å². The van der Waals surface area contributed by atoms with E-state index in [1.54, 1.807) is 24.3 Å². The zero-order valence-electron chi connectivity index (χ0n) is 18.1. The van der Waals surface area contributed by atoms with Crippen LogP contribution in [0.25, 0.3) is 17.4 Å². The molecule has 0 radical (unpaired) electrons. The molecule has 1 saturated heterocycles. The Kier molecular flexibility index (Phi) is 6.05. The molecular formula is C27H17F3N2O2S. The summed E-state index contributed by atoms with van der Waals surface area (Å²) in [6, 6.07) is 26.6. The van der Waals surface area contributed by atoms with Gasteiger partial charge in [-0.15, -0.1) is 0 Å². The Morgan fingerprint density at radius 2 is 1.57 bits per heavy atom. The second-order valence-corrected chi connectivity index (χ2v) is 8.61. The molecule has 35 heavy (non-hydrogen) atoms. The van der Waals surface area contributed by atoms with Crippen molar-refractivity contribution in [1.29, 1.82) is 0 Å². The van der Waals surface area contributed by atoms with E-state index in [4.69, 9.17) is 4.42 Å². The van der Waals surface area contributed by atoms with E-state index in [1.807, 2.05) is 60.7 Å². The minimum atomic E-state index is -4.45. The highest BCUT2D eigenvalue weighted by atomic mass is 32.2. The maximum atomic E-state index is 13.3. The molecule has 2 heterocycles. The number of benzene rings is 3. The summed E-state index contributed by atoms with van der Waals surface area (Å²) in [4.78, 5) is 19.9. The number of furan rings is 1. The van der Waals surface area contributed by atoms with Gasteiger partial charge < -0.3 is 4.42 Å². The number of rotatable bonds is 4. The van der Waals surface area contributed by atoms with Crippen LogP contribution in [0.3, 0.4) is 0 Å². The van der Waals surface area contributed by atoms with E-state index >= 15 is 0 Å². The Bertz CT molecular complexity index is 1430. The van der Waals surface area contributed by atoms with Crippen molar-refractivity contribution in [3.05, 3.63) is 113 Å². The van der Waals surface area contributed by atoms with Gasteiger partial charge in [0.05, 0.1) is 21.8 Å². The van der Waals surface area contributed by atoms with Gasteiger partial charge in [0.1, 0.15) is 11.5 Å². The Balaban J connectivity index is 1.48. The molecule has 1 aliphatic heterocycles. The maximum Gasteiger partial charge on any atom is 0.416 e. The second kappa shape index (κ2) is 9.31. The molecule has 1 fully saturated rings. The number of aliphatic imine (C=N–C) groups is 1. The molecule has 174 valence electrons. The Morgan fingerprint density at radius 3 is 2.29 bits per heavy atom. The van der Waals surface area contributed by atoms with Crippen molar-refractivity contribution >= 4 is 40.3 Å². The van der Waals surface area contributed by atoms with Crippen molar-refractivity contribution < 1.29 is 22.4 Å². The number of para-hydroxylation sites is 2. The van der Waals surface area contributed by atoms with Gasteiger partial charge >= 0.3 is 6.18 Å². The number of amidine groups is 1. The minimum Gasteiger partial charge on any atom is -0.457 e. The lowest BCUT2D eigenvalue weighted by Gasteiger charge is -2.15. The molecule has 1 amide bonds. The summed E-state index contributed by atoms with van der Waals surface area (Å²) in [7, 11) is 0. The van der Waals surface area contributed by atoms with Crippen LogP contribution in [0.4, 0.5) is 24.5 Å². The third-order valence-corrected chi connectivity index (χ3v) is 6.15. The largest absolute Gasteiger partial charge is 0.457 e. The highest BCUT2D eigenvalue weighted by Gasteiger charge is 2.35. The first-order valence-electron chi connectivity index (χ1n) is 10.6. The number of carbonyl (C=O) groups is 1. The van der Waals surface area contributed by atoms with Crippen molar-refractivity contribution in [3.63, 3.8) is 0 Å². The molecule has 0 spiro atoms. The Morgan fingerprint density at radius 1 is 0.857 bits per heavy atom. The number of nitrogens with zero attached hydrogens (tertiary/aromatic N) is 2. The number of alkyl halides is 3. The molecule has 3 aromatic carbocycles. The van der Waals surface area contributed by atoms with Gasteiger partial charge in [0.25, 0.3) is 5.91 Å². The zero-order chi connectivity index (χ0) is 24.4. The Hall–Kier alpha value is -4.04. The van der Waals surface area contributed by atoms with Crippen molar-refractivity contribution in [2.24, 2.45) is 4.99 Å². The number of anilines is 1. The number of carbonyl (C=O) groups excluding carboxylic acids is 1. The molecular weight excluding hydrogens is 473 g/mol. The quantitative estimate of drug-likeness (QED) is 0.275. The second-order valence-electron chi connectivity index (χ2n) is 7.60. The van der Waals surface area contributed by atoms with Crippen molar-refractivity contribution in [1.82, 2.24) is 0 Å². The number of amides is 1. The van der Waals surface area contributed by atoms with Crippen LogP contribution in [-0.2, 0) is 11.0 Å². The maximum absolute atomic E-state index is 13.3. The van der Waals surface area contributed by atoms with Crippen LogP contribution >= 0.6 is 11.8 Å². The first kappa shape index (κ1) is 22.7. The van der Waals surface area contributed by atoms with Crippen LogP contribution in [-0.4, -0.2) is 11.1 Å². The zero-order valence-corrected chi connectivity index (χ0v) is 18.9. The predicted octanol–water partition coefficient (Wildman–Crippen LogP) is 7.77. The van der Waals surface area contributed by atoms with Crippen LogP contribution in [0.2, 0.25) is 0 Å². The van der Waals surface area contributed by atoms with Gasteiger partial charge in [-0.25, -0.2) is 4.99 Å². The summed E-state index contributed by atoms with van der Waals surface area (Å²) in [5.41, 5.74) is 0.919. The molecule has 0 atom stereocenters. The fourth-order valence-corrected chi connectivity index (χ4v) is 4.51. The van der Waals surface area contributed by atoms with E-state index in [-0.39, 0.29) is 11.7 Å². The highest BCUT2D eigenvalue weighted by Crippen LogP contribution is 2.38. The van der Waals surface area contributed by atoms with Gasteiger partial charge in [0.15, 0.2) is 5.17 Å². The average Bonchev–Trinajstić information content (AvgIpc) is 3.44. The summed E-state index contributed by atoms with van der Waals surface area (Å²) in [5, 5.41) is 0.489. The third-order valence-electron chi connectivity index (χ3n) is 5.18. The molecule has 0 bridgehead atoms. The van der Waals surface area contributed by atoms with E-state index in [0.29, 0.717) is 32.8 Å². The molecule has 4 aromatic rings. The molecule has 0 unspecified atom stereocenters. The molecule has 0 saturated carbocycles. The van der Waals surface area contributed by atoms with Gasteiger partial charge in [-0.1, -0.05) is 48.5 Å². The Labute approximate surface area is 203 Å². The van der Waals surface area contributed by atoms with E-state index in [0.717, 1.165) is 12.1 Å². The fraction of sp³-hybridized carbons (Fsp3) is 0.0370. The number of hydrogen-bond donors (Lipinski definition) is 0. The third kappa shape index (κ3) is 4.93. The first-order chi connectivity index (χ1) is 16.9. The van der Waals surface area contributed by atoms with Crippen molar-refractivity contribution in [2.75, 3.05) is 4.90 Å². The predicted molar refractivity (Wildman–Crippen MR) is 132 cm³/mol. The standard InChI is InChI=1S/C27H17F3N2O2S/c28-27(29,30)19-9-7-8-18(16-19)23-15-14-22(34-23)17-24-25(33)32(21-12-5-2-6-13-21)26(35-24)31-20-10-3-1-4-11-20/h1-17H/b24-17-,31-26?. The molecule has 1 aromatic heterocycles. The van der Waals surface area contributed by atoms with Gasteiger partial charge in [-0.3, -0.25) is 9.69 Å². The van der Waals surface area contributed by atoms with Crippen LogP contribution in [0, 0.1) is 0 Å². The van der Waals surface area contributed by atoms with Crippen molar-refractivity contribution in [3.8, 4) is 11.3 Å². The summed E-state index contributed by atoms with van der Waals surface area (Å²) < 4.78 is 45.0. The molecule has 5 rings (SSSR count). The molecule has 0 aliphatic carbocycles. The smallest absolute Gasteiger partial charge is 0.416 e. The summed E-state index contributed by atoms with van der Waals surface area (Å²) >= 11 is 1.20. The van der Waals surface area contributed by atoms with E-state index < -0.39 is 11.7 Å². The van der Waals surface area contributed by atoms with Gasteiger partial charge in [-0.2, -0.15) is 13.2 Å². The molecule has 0 N–H and O–H groups in total. The lowest BCUT2D eigenvalue weighted by atomic mass is 10.1. The number of halogens is 3. The molecule has 4 nitrogen and oxygen atoms in total. The molecule has 8 heteroatoms. The molecule has 1 aliphatic rings. The number of hydrogen-bond acceptors (Lipinski definition) is 4. The summed E-state index contributed by atoms with van der Waals surface area (Å²) in [5.74, 6) is 0.353. The number of thioether (sulfide) groups is 1. The van der Waals surface area contributed by atoms with Crippen molar-refractivity contribution in [2.45, 2.75) is 6.18 Å². The average molecular weight is 491 g/mol. The normalized spacial score (nSPS) is 16.4. The lowest BCUT2D eigenvalue weighted by Crippen LogP contribution is -2.28. The van der Waals surface area contributed by atoms with Gasteiger partial charge in [0.2, 0.25) is 0 Å². The minimum absolute atomic E-state index is 0.270. The summed E-state index contributed by atoms with van der Waals surface area (Å²) in [6.07, 6.45) is -2.87. The van der Waals surface area contributed by atoms with E-state index in [9.17, 15) is 18.0 Å². The van der Waals surface area contributed by atoms with Gasteiger partial charge in [-0.05, 0) is 60.3 Å². The SMILES string of the molecule is O=C1/C(=C/c2ccc(-c3cccc(C(F)(F)F)c3)o2)SC(=Nc2ccccc2)N1c1ccccc1. The highest BCUT2D eigenvalue weighted by molar-refractivity contribution is 8.19. The topological polar surface area (TPSA) is 45.8 Å². The monoisotopic (exact) mass is 490 g/mol. The summed E-state index contributed by atoms with van der Waals surface area (Å²) in [6.45, 7) is 0. The van der Waals surface area contributed by atoms with Crippen LogP contribution in [0.1, 0.15) is 11.3 Å². The van der Waals surface area contributed by atoms with Gasteiger partial charge in [0, 0.05) is 11.6 Å². The fourth-order valence-electron chi connectivity index (χ4n) is 3.53.